The second kappa shape index (κ2) is 7.72. The molecule has 0 spiro atoms. The highest BCUT2D eigenvalue weighted by Crippen LogP contribution is 2.29. The molecule has 2 aromatic carbocycles. The van der Waals surface area contributed by atoms with Gasteiger partial charge in [-0.1, -0.05) is 11.6 Å². The number of amides is 1. The van der Waals surface area contributed by atoms with Gasteiger partial charge >= 0.3 is 0 Å². The number of carbonyl (C=O) groups is 2. The number of carbonyl (C=O) groups excluding carboxylic acids is 2. The van der Waals surface area contributed by atoms with E-state index in [0.29, 0.717) is 47.3 Å². The van der Waals surface area contributed by atoms with Gasteiger partial charge in [0.05, 0.1) is 17.7 Å². The van der Waals surface area contributed by atoms with E-state index in [9.17, 15) is 14.0 Å². The van der Waals surface area contributed by atoms with Gasteiger partial charge in [-0.25, -0.2) is 4.39 Å². The van der Waals surface area contributed by atoms with E-state index >= 15 is 0 Å². The summed E-state index contributed by atoms with van der Waals surface area (Å²) in [5.74, 6) is -0.435. The van der Waals surface area contributed by atoms with Crippen LogP contribution >= 0.6 is 11.6 Å². The fourth-order valence-electron chi connectivity index (χ4n) is 3.38. The largest absolute Gasteiger partial charge is 0.492 e. The van der Waals surface area contributed by atoms with Gasteiger partial charge in [-0.05, 0) is 18.2 Å². The van der Waals surface area contributed by atoms with Crippen LogP contribution in [0.25, 0.3) is 0 Å². The van der Waals surface area contributed by atoms with E-state index in [0.717, 1.165) is 6.07 Å². The van der Waals surface area contributed by atoms with Gasteiger partial charge in [-0.15, -0.1) is 0 Å². The average molecular weight is 415 g/mol. The first-order chi connectivity index (χ1) is 13.9. The van der Waals surface area contributed by atoms with Gasteiger partial charge < -0.3 is 14.4 Å². The van der Waals surface area contributed by atoms with Gasteiger partial charge in [-0.3, -0.25) is 9.59 Å². The van der Waals surface area contributed by atoms with Crippen molar-refractivity contribution in [3.8, 4) is 17.6 Å². The van der Waals surface area contributed by atoms with Crippen LogP contribution in [0, 0.1) is 23.1 Å². The predicted molar refractivity (Wildman–Crippen MR) is 102 cm³/mol. The number of benzene rings is 2. The molecule has 2 aliphatic heterocycles. The van der Waals surface area contributed by atoms with E-state index < -0.39 is 11.7 Å². The Kier molecular flexibility index (Phi) is 5.12. The molecule has 0 N–H and O–H groups in total. The highest BCUT2D eigenvalue weighted by Gasteiger charge is 2.34. The Morgan fingerprint density at radius 2 is 2.14 bits per heavy atom. The summed E-state index contributed by atoms with van der Waals surface area (Å²) in [6.45, 7) is 1.06. The van der Waals surface area contributed by atoms with E-state index in [4.69, 9.17) is 26.3 Å². The van der Waals surface area contributed by atoms with Gasteiger partial charge in [0, 0.05) is 48.1 Å². The summed E-state index contributed by atoms with van der Waals surface area (Å²) in [6, 6.07) is 9.38. The summed E-state index contributed by atoms with van der Waals surface area (Å²) < 4.78 is 25.2. The molecule has 0 aliphatic carbocycles. The lowest BCUT2D eigenvalue weighted by molar-refractivity contribution is -0.121. The van der Waals surface area contributed by atoms with E-state index in [1.807, 2.05) is 6.07 Å². The third kappa shape index (κ3) is 3.89. The molecule has 6 nitrogen and oxygen atoms in total. The minimum Gasteiger partial charge on any atom is -0.492 e. The summed E-state index contributed by atoms with van der Waals surface area (Å²) in [5.41, 5.74) is 0.842. The maximum atomic E-state index is 14.4. The summed E-state index contributed by atoms with van der Waals surface area (Å²) >= 11 is 5.94. The Labute approximate surface area is 171 Å². The highest BCUT2D eigenvalue weighted by molar-refractivity contribution is 6.30. The molecule has 0 radical (unpaired) electrons. The van der Waals surface area contributed by atoms with Gasteiger partial charge in [0.25, 0.3) is 5.91 Å². The Hall–Kier alpha value is -3.11. The van der Waals surface area contributed by atoms with Crippen LogP contribution in [0.1, 0.15) is 21.5 Å². The monoisotopic (exact) mass is 414 g/mol. The van der Waals surface area contributed by atoms with Crippen molar-refractivity contribution in [2.75, 3.05) is 26.3 Å². The molecule has 2 aromatic rings. The van der Waals surface area contributed by atoms with E-state index in [-0.39, 0.29) is 30.3 Å². The summed E-state index contributed by atoms with van der Waals surface area (Å²) in [6.07, 6.45) is 0.132. The van der Waals surface area contributed by atoms with Crippen LogP contribution in [0.15, 0.2) is 30.3 Å². The first-order valence-electron chi connectivity index (χ1n) is 9.03. The zero-order chi connectivity index (χ0) is 20.5. The Morgan fingerprint density at radius 1 is 1.34 bits per heavy atom. The lowest BCUT2D eigenvalue weighted by Gasteiger charge is -2.39. The number of ether oxygens (including phenoxy) is 2. The average Bonchev–Trinajstić information content (AvgIpc) is 2.66. The lowest BCUT2D eigenvalue weighted by Crippen LogP contribution is -2.52. The molecule has 148 valence electrons. The number of rotatable bonds is 4. The van der Waals surface area contributed by atoms with Gasteiger partial charge in [0.2, 0.25) is 0 Å². The predicted octanol–water partition coefficient (Wildman–Crippen LogP) is 3.01. The van der Waals surface area contributed by atoms with E-state index in [1.54, 1.807) is 18.2 Å². The normalized spacial score (nSPS) is 15.8. The first kappa shape index (κ1) is 19.2. The lowest BCUT2D eigenvalue weighted by atomic mass is 9.97. The molecular weight excluding hydrogens is 399 g/mol. The van der Waals surface area contributed by atoms with Crippen molar-refractivity contribution in [3.63, 3.8) is 0 Å². The number of nitriles is 1. The van der Waals surface area contributed by atoms with Crippen molar-refractivity contribution < 1.29 is 23.5 Å². The number of fused-ring (bicyclic) bond motifs is 1. The van der Waals surface area contributed by atoms with E-state index in [1.165, 1.54) is 11.0 Å². The SMILES string of the molecule is N#Cc1ccc(Cl)cc1OCC1CN(C(=O)c2cc3c(cc2F)OCC(=O)C3)C1. The smallest absolute Gasteiger partial charge is 0.256 e. The fourth-order valence-corrected chi connectivity index (χ4v) is 3.55. The quantitative estimate of drug-likeness (QED) is 0.768. The van der Waals surface area contributed by atoms with Crippen LogP contribution in [0.3, 0.4) is 0 Å². The molecule has 0 saturated carbocycles. The topological polar surface area (TPSA) is 79.6 Å². The van der Waals surface area contributed by atoms with Crippen molar-refractivity contribution in [1.82, 2.24) is 4.90 Å². The molecule has 4 rings (SSSR count). The number of hydrogen-bond acceptors (Lipinski definition) is 5. The third-order valence-electron chi connectivity index (χ3n) is 4.94. The molecule has 0 unspecified atom stereocenters. The number of hydrogen-bond donors (Lipinski definition) is 0. The summed E-state index contributed by atoms with van der Waals surface area (Å²) in [4.78, 5) is 25.7. The van der Waals surface area contributed by atoms with Crippen molar-refractivity contribution in [2.45, 2.75) is 6.42 Å². The zero-order valence-electron chi connectivity index (χ0n) is 15.3. The van der Waals surface area contributed by atoms with Crippen LogP contribution < -0.4 is 9.47 Å². The number of Topliss-reactive ketones (excluding diaryl/α,β-unsaturated/α-hetero) is 1. The van der Waals surface area contributed by atoms with Crippen LogP contribution in [0.5, 0.6) is 11.5 Å². The first-order valence-corrected chi connectivity index (χ1v) is 9.41. The maximum Gasteiger partial charge on any atom is 0.256 e. The van der Waals surface area contributed by atoms with Crippen molar-refractivity contribution >= 4 is 23.3 Å². The summed E-state index contributed by atoms with van der Waals surface area (Å²) in [7, 11) is 0. The molecule has 0 aromatic heterocycles. The minimum atomic E-state index is -0.666. The molecule has 1 amide bonds. The second-order valence-electron chi connectivity index (χ2n) is 7.08. The standard InChI is InChI=1S/C21H16ClFN2O4/c22-15-2-1-13(7-24)19(5-15)28-10-12-8-25(9-12)21(27)17-4-14-3-16(26)11-29-20(14)6-18(17)23/h1-2,4-6,12H,3,8-11H2. The second-order valence-corrected chi connectivity index (χ2v) is 7.52. The fraction of sp³-hybridized carbons (Fsp3) is 0.286. The molecule has 2 heterocycles. The number of likely N-dealkylation sites (tertiary alicyclic amines) is 1. The molecule has 0 atom stereocenters. The molecular formula is C21H16ClFN2O4. The van der Waals surface area contributed by atoms with Crippen molar-refractivity contribution in [1.29, 1.82) is 5.26 Å². The van der Waals surface area contributed by atoms with E-state index in [2.05, 4.69) is 0 Å². The van der Waals surface area contributed by atoms with Gasteiger partial charge in [0.1, 0.15) is 30.0 Å². The van der Waals surface area contributed by atoms with Crippen LogP contribution in [-0.4, -0.2) is 42.9 Å². The van der Waals surface area contributed by atoms with Crippen LogP contribution in [0.4, 0.5) is 4.39 Å². The van der Waals surface area contributed by atoms with Gasteiger partial charge in [0.15, 0.2) is 5.78 Å². The molecule has 1 fully saturated rings. The van der Waals surface area contributed by atoms with Gasteiger partial charge in [-0.2, -0.15) is 5.26 Å². The number of halogens is 2. The molecule has 2 aliphatic rings. The Balaban J connectivity index is 1.37. The Morgan fingerprint density at radius 3 is 2.90 bits per heavy atom. The minimum absolute atomic E-state index is 0.0649. The number of ketones is 1. The summed E-state index contributed by atoms with van der Waals surface area (Å²) in [5, 5.41) is 9.59. The molecule has 8 heteroatoms. The zero-order valence-corrected chi connectivity index (χ0v) is 16.0. The van der Waals surface area contributed by atoms with Crippen LogP contribution in [0.2, 0.25) is 5.02 Å². The number of nitrogens with zero attached hydrogens (tertiary/aromatic N) is 2. The highest BCUT2D eigenvalue weighted by atomic mass is 35.5. The molecule has 0 bridgehead atoms. The molecule has 29 heavy (non-hydrogen) atoms. The molecule has 1 saturated heterocycles. The maximum absolute atomic E-state index is 14.4. The Bertz CT molecular complexity index is 1040. The van der Waals surface area contributed by atoms with Crippen LogP contribution in [-0.2, 0) is 11.2 Å². The van der Waals surface area contributed by atoms with Crippen molar-refractivity contribution in [2.24, 2.45) is 5.92 Å². The van der Waals surface area contributed by atoms with Crippen molar-refractivity contribution in [3.05, 3.63) is 57.9 Å². The third-order valence-corrected chi connectivity index (χ3v) is 5.17.